The molecule has 5 nitrogen and oxygen atoms in total. The number of hydrogen-bond acceptors (Lipinski definition) is 4. The van der Waals surface area contributed by atoms with Crippen molar-refractivity contribution in [1.29, 1.82) is 0 Å². The average molecular weight is 363 g/mol. The highest BCUT2D eigenvalue weighted by atomic mass is 19.1. The molecule has 2 aromatic rings. The number of carbonyl (C=O) groups excluding carboxylic acids is 2. The van der Waals surface area contributed by atoms with Crippen LogP contribution in [0.4, 0.5) is 8.78 Å². The number of hydrogen-bond donors (Lipinski definition) is 1. The third-order valence-corrected chi connectivity index (χ3v) is 3.80. The van der Waals surface area contributed by atoms with Gasteiger partial charge < -0.3 is 14.8 Å². The van der Waals surface area contributed by atoms with Gasteiger partial charge in [-0.25, -0.2) is 13.6 Å². The molecular formula is C19H19F2NO4. The van der Waals surface area contributed by atoms with Gasteiger partial charge in [0, 0.05) is 12.5 Å². The van der Waals surface area contributed by atoms with Crippen molar-refractivity contribution in [3.63, 3.8) is 0 Å². The second-order valence-corrected chi connectivity index (χ2v) is 5.57. The van der Waals surface area contributed by atoms with Crippen LogP contribution in [-0.2, 0) is 27.2 Å². The molecule has 0 aromatic heterocycles. The van der Waals surface area contributed by atoms with Crippen molar-refractivity contribution in [2.45, 2.75) is 18.9 Å². The first kappa shape index (κ1) is 19.4. The van der Waals surface area contributed by atoms with E-state index in [2.05, 4.69) is 5.32 Å². The zero-order chi connectivity index (χ0) is 19.1. The monoisotopic (exact) mass is 363 g/mol. The molecule has 26 heavy (non-hydrogen) atoms. The molecule has 2 aromatic carbocycles. The van der Waals surface area contributed by atoms with Crippen LogP contribution in [0.1, 0.15) is 11.1 Å². The lowest BCUT2D eigenvalue weighted by molar-refractivity contribution is -0.145. The van der Waals surface area contributed by atoms with Crippen molar-refractivity contribution >= 4 is 11.9 Å². The normalized spacial score (nSPS) is 11.5. The van der Waals surface area contributed by atoms with E-state index >= 15 is 0 Å². The van der Waals surface area contributed by atoms with Crippen LogP contribution < -0.4 is 10.1 Å². The Kier molecular flexibility index (Phi) is 6.66. The van der Waals surface area contributed by atoms with Crippen molar-refractivity contribution in [3.8, 4) is 5.75 Å². The average Bonchev–Trinajstić information content (AvgIpc) is 2.63. The van der Waals surface area contributed by atoms with Crippen molar-refractivity contribution in [3.05, 3.63) is 65.2 Å². The molecule has 7 heteroatoms. The Bertz CT molecular complexity index is 795. The van der Waals surface area contributed by atoms with Gasteiger partial charge in [0.1, 0.15) is 23.4 Å². The van der Waals surface area contributed by atoms with Crippen LogP contribution in [-0.4, -0.2) is 32.1 Å². The quantitative estimate of drug-likeness (QED) is 0.768. The Morgan fingerprint density at radius 1 is 1.08 bits per heavy atom. The summed E-state index contributed by atoms with van der Waals surface area (Å²) >= 11 is 0. The topological polar surface area (TPSA) is 64.6 Å². The van der Waals surface area contributed by atoms with Crippen LogP contribution in [0.3, 0.4) is 0 Å². The molecule has 0 spiro atoms. The maximum atomic E-state index is 13.7. The van der Waals surface area contributed by atoms with Gasteiger partial charge in [-0.05, 0) is 23.3 Å². The highest BCUT2D eigenvalue weighted by Crippen LogP contribution is 2.19. The van der Waals surface area contributed by atoms with Crippen molar-refractivity contribution in [1.82, 2.24) is 5.32 Å². The number of halogens is 2. The minimum absolute atomic E-state index is 0.0322. The van der Waals surface area contributed by atoms with E-state index in [-0.39, 0.29) is 18.4 Å². The predicted octanol–water partition coefficient (Wildman–Crippen LogP) is 2.42. The van der Waals surface area contributed by atoms with E-state index in [0.717, 1.165) is 6.07 Å². The lowest BCUT2D eigenvalue weighted by Gasteiger charge is -2.18. The van der Waals surface area contributed by atoms with Crippen LogP contribution >= 0.6 is 0 Å². The fourth-order valence-corrected chi connectivity index (χ4v) is 2.51. The maximum absolute atomic E-state index is 13.7. The largest absolute Gasteiger partial charge is 0.496 e. The number of methoxy groups -OCH3 is 2. The number of para-hydroxylation sites is 1. The number of rotatable bonds is 7. The van der Waals surface area contributed by atoms with Crippen LogP contribution in [0.25, 0.3) is 0 Å². The van der Waals surface area contributed by atoms with Gasteiger partial charge in [0.2, 0.25) is 5.91 Å². The number of carbonyl (C=O) groups is 2. The molecule has 1 amide bonds. The fraction of sp³-hybridized carbons (Fsp3) is 0.263. The van der Waals surface area contributed by atoms with Crippen molar-refractivity contribution in [2.75, 3.05) is 14.2 Å². The van der Waals surface area contributed by atoms with Crippen LogP contribution in [0.5, 0.6) is 5.75 Å². The molecule has 0 saturated carbocycles. The van der Waals surface area contributed by atoms with Gasteiger partial charge in [-0.15, -0.1) is 0 Å². The van der Waals surface area contributed by atoms with Crippen LogP contribution in [0.2, 0.25) is 0 Å². The second-order valence-electron chi connectivity index (χ2n) is 5.57. The van der Waals surface area contributed by atoms with Crippen molar-refractivity contribution in [2.24, 2.45) is 0 Å². The Hall–Kier alpha value is -2.96. The van der Waals surface area contributed by atoms with Gasteiger partial charge in [0.05, 0.1) is 20.6 Å². The van der Waals surface area contributed by atoms with E-state index in [1.807, 2.05) is 0 Å². The molecule has 138 valence electrons. The van der Waals surface area contributed by atoms with Gasteiger partial charge >= 0.3 is 5.97 Å². The summed E-state index contributed by atoms with van der Waals surface area (Å²) in [5, 5.41) is 2.53. The van der Waals surface area contributed by atoms with Gasteiger partial charge in [0.25, 0.3) is 0 Å². The first-order valence-electron chi connectivity index (χ1n) is 7.87. The zero-order valence-corrected chi connectivity index (χ0v) is 14.4. The summed E-state index contributed by atoms with van der Waals surface area (Å²) in [5.74, 6) is -2.19. The number of benzene rings is 2. The number of nitrogens with one attached hydrogen (secondary N) is 1. The van der Waals surface area contributed by atoms with Gasteiger partial charge in [-0.2, -0.15) is 0 Å². The molecule has 2 rings (SSSR count). The molecule has 0 radical (unpaired) electrons. The van der Waals surface area contributed by atoms with E-state index in [4.69, 9.17) is 9.47 Å². The lowest BCUT2D eigenvalue weighted by Crippen LogP contribution is -2.43. The molecule has 1 N–H and O–H groups in total. The summed E-state index contributed by atoms with van der Waals surface area (Å²) in [6.07, 6.45) is -0.181. The lowest BCUT2D eigenvalue weighted by atomic mass is 10.0. The summed E-state index contributed by atoms with van der Waals surface area (Å²) in [6.45, 7) is 0. The fourth-order valence-electron chi connectivity index (χ4n) is 2.51. The van der Waals surface area contributed by atoms with Crippen molar-refractivity contribution < 1.29 is 27.8 Å². The van der Waals surface area contributed by atoms with Gasteiger partial charge in [-0.3, -0.25) is 4.79 Å². The molecule has 0 bridgehead atoms. The third-order valence-electron chi connectivity index (χ3n) is 3.80. The smallest absolute Gasteiger partial charge is 0.328 e. The van der Waals surface area contributed by atoms with E-state index < -0.39 is 29.6 Å². The molecule has 0 aliphatic rings. The molecule has 0 aliphatic carbocycles. The Morgan fingerprint density at radius 2 is 1.81 bits per heavy atom. The highest BCUT2D eigenvalue weighted by Gasteiger charge is 2.24. The first-order valence-corrected chi connectivity index (χ1v) is 7.87. The second kappa shape index (κ2) is 8.94. The Labute approximate surface area is 149 Å². The molecular weight excluding hydrogens is 344 g/mol. The summed E-state index contributed by atoms with van der Waals surface area (Å²) < 4.78 is 36.6. The maximum Gasteiger partial charge on any atom is 0.328 e. The predicted molar refractivity (Wildman–Crippen MR) is 90.7 cm³/mol. The zero-order valence-electron chi connectivity index (χ0n) is 14.4. The molecule has 0 heterocycles. The standard InChI is InChI=1S/C19H19F2NO4/c1-25-17-6-4-3-5-13(17)9-16(19(24)26-2)22-18(23)10-12-7-8-14(20)11-15(12)21/h3-8,11,16H,9-10H2,1-2H3,(H,22,23)/t16-/m0/s1. The van der Waals surface area contributed by atoms with Crippen LogP contribution in [0.15, 0.2) is 42.5 Å². The highest BCUT2D eigenvalue weighted by molar-refractivity contribution is 5.85. The van der Waals surface area contributed by atoms with Crippen LogP contribution in [0, 0.1) is 11.6 Å². The summed E-state index contributed by atoms with van der Waals surface area (Å²) in [7, 11) is 2.71. The minimum atomic E-state index is -0.965. The van der Waals surface area contributed by atoms with E-state index in [1.54, 1.807) is 24.3 Å². The van der Waals surface area contributed by atoms with Gasteiger partial charge in [-0.1, -0.05) is 24.3 Å². The van der Waals surface area contributed by atoms with Gasteiger partial charge in [0.15, 0.2) is 0 Å². The van der Waals surface area contributed by atoms with E-state index in [0.29, 0.717) is 17.4 Å². The summed E-state index contributed by atoms with van der Waals surface area (Å²) in [6, 6.07) is 9.06. The Morgan fingerprint density at radius 3 is 2.46 bits per heavy atom. The number of esters is 1. The third kappa shape index (κ3) is 5.02. The molecule has 0 saturated heterocycles. The minimum Gasteiger partial charge on any atom is -0.496 e. The Balaban J connectivity index is 2.12. The number of amides is 1. The summed E-state index contributed by atoms with van der Waals surface area (Å²) in [4.78, 5) is 24.2. The van der Waals surface area contributed by atoms with E-state index in [9.17, 15) is 18.4 Å². The van der Waals surface area contributed by atoms with E-state index in [1.165, 1.54) is 20.3 Å². The molecule has 0 unspecified atom stereocenters. The molecule has 0 aliphatic heterocycles. The molecule has 1 atom stereocenters. The summed E-state index contributed by atoms with van der Waals surface area (Å²) in [5.41, 5.74) is 0.739. The molecule has 0 fully saturated rings. The first-order chi connectivity index (χ1) is 12.4. The SMILES string of the molecule is COC(=O)[C@H](Cc1ccccc1OC)NC(=O)Cc1ccc(F)cc1F. The number of ether oxygens (including phenoxy) is 2.